The van der Waals surface area contributed by atoms with Crippen LogP contribution < -0.4 is 4.74 Å². The number of carboxylic acid groups (broad SMARTS) is 1. The Morgan fingerprint density at radius 2 is 1.67 bits per heavy atom. The fourth-order valence-electron chi connectivity index (χ4n) is 5.22. The molecule has 2 N–H and O–H groups in total. The number of rotatable bonds is 9. The summed E-state index contributed by atoms with van der Waals surface area (Å²) in [5, 5.41) is 19.5. The molecule has 43 heavy (non-hydrogen) atoms. The Balaban J connectivity index is 1.71. The smallest absolute Gasteiger partial charge is 0.336 e. The third-order valence-electron chi connectivity index (χ3n) is 7.72. The van der Waals surface area contributed by atoms with Crippen LogP contribution in [0.2, 0.25) is 0 Å². The minimum Gasteiger partial charge on any atom is -0.487 e. The van der Waals surface area contributed by atoms with Gasteiger partial charge in [-0.1, -0.05) is 43.3 Å². The first-order valence-corrected chi connectivity index (χ1v) is 15.5. The van der Waals surface area contributed by atoms with Crippen molar-refractivity contribution in [2.75, 3.05) is 40.8 Å². The van der Waals surface area contributed by atoms with Gasteiger partial charge in [0.25, 0.3) is 5.91 Å². The van der Waals surface area contributed by atoms with E-state index in [1.54, 1.807) is 69.6 Å². The summed E-state index contributed by atoms with van der Waals surface area (Å²) in [4.78, 5) is 27.5. The van der Waals surface area contributed by atoms with Crippen LogP contribution in [0.5, 0.6) is 5.75 Å². The molecule has 0 saturated heterocycles. The largest absolute Gasteiger partial charge is 0.487 e. The number of aliphatic hydroxyl groups is 1. The maximum Gasteiger partial charge on any atom is 0.336 e. The lowest BCUT2D eigenvalue weighted by Gasteiger charge is -2.37. The van der Waals surface area contributed by atoms with Crippen LogP contribution in [-0.2, 0) is 16.6 Å². The number of aliphatic hydroxyl groups excluding tert-OH is 1. The highest BCUT2D eigenvalue weighted by molar-refractivity contribution is 7.89. The highest BCUT2D eigenvalue weighted by atomic mass is 32.2. The Morgan fingerprint density at radius 1 is 1.02 bits per heavy atom. The molecule has 0 aliphatic carbocycles. The van der Waals surface area contributed by atoms with Gasteiger partial charge in [0.2, 0.25) is 10.0 Å². The first kappa shape index (κ1) is 32.2. The van der Waals surface area contributed by atoms with Crippen LogP contribution in [-0.4, -0.2) is 97.6 Å². The zero-order valence-corrected chi connectivity index (χ0v) is 25.9. The summed E-state index contributed by atoms with van der Waals surface area (Å²) in [5.41, 5.74) is 2.93. The van der Waals surface area contributed by atoms with Crippen molar-refractivity contribution in [1.82, 2.24) is 14.1 Å². The van der Waals surface area contributed by atoms with E-state index in [0.29, 0.717) is 24.2 Å². The quantitative estimate of drug-likeness (QED) is 0.377. The van der Waals surface area contributed by atoms with Crippen LogP contribution >= 0.6 is 0 Å². The van der Waals surface area contributed by atoms with E-state index in [-0.39, 0.29) is 41.2 Å². The fraction of sp³-hybridized carbons (Fsp3) is 0.375. The topological polar surface area (TPSA) is 128 Å². The zero-order chi connectivity index (χ0) is 31.5. The van der Waals surface area contributed by atoms with Gasteiger partial charge >= 0.3 is 5.97 Å². The standard InChI is InChI=1S/C32H39N3O7S/c1-21-17-35(22(2)20-36)43(40,41)30-15-14-25(23-10-12-24(13-11-23)31(37)33(3)4)16-28(30)42-29(21)19-34(5)18-26-8-6-7-9-27(26)32(38)39/h6-16,21-22,29,36H,17-20H2,1-5H3,(H,38,39)/t21-,22+,29-/m1/s1. The second kappa shape index (κ2) is 13.3. The number of fused-ring (bicyclic) bond motifs is 1. The lowest BCUT2D eigenvalue weighted by atomic mass is 10.0. The average molecular weight is 610 g/mol. The third kappa shape index (κ3) is 7.07. The van der Waals surface area contributed by atoms with E-state index >= 15 is 0 Å². The van der Waals surface area contributed by atoms with Crippen molar-refractivity contribution in [2.45, 2.75) is 37.4 Å². The summed E-state index contributed by atoms with van der Waals surface area (Å²) in [7, 11) is 1.23. The van der Waals surface area contributed by atoms with Gasteiger partial charge in [-0.05, 0) is 61.0 Å². The van der Waals surface area contributed by atoms with Crippen molar-refractivity contribution < 1.29 is 33.0 Å². The first-order valence-electron chi connectivity index (χ1n) is 14.1. The van der Waals surface area contributed by atoms with Crippen molar-refractivity contribution in [3.8, 4) is 16.9 Å². The number of benzene rings is 3. The molecule has 0 aromatic heterocycles. The lowest BCUT2D eigenvalue weighted by Crippen LogP contribution is -2.49. The highest BCUT2D eigenvalue weighted by Gasteiger charge is 2.38. The molecule has 1 amide bonds. The number of sulfonamides is 1. The van der Waals surface area contributed by atoms with Crippen molar-refractivity contribution in [2.24, 2.45) is 5.92 Å². The van der Waals surface area contributed by atoms with E-state index in [2.05, 4.69) is 0 Å². The molecule has 0 bridgehead atoms. The number of carboxylic acids is 1. The molecule has 3 aromatic rings. The predicted molar refractivity (Wildman–Crippen MR) is 164 cm³/mol. The molecule has 0 spiro atoms. The van der Waals surface area contributed by atoms with Crippen LogP contribution in [0.15, 0.2) is 71.6 Å². The molecule has 3 aromatic carbocycles. The summed E-state index contributed by atoms with van der Waals surface area (Å²) in [6.07, 6.45) is -0.458. The van der Waals surface area contributed by atoms with Gasteiger partial charge in [0, 0.05) is 51.3 Å². The second-order valence-corrected chi connectivity index (χ2v) is 13.2. The number of likely N-dealkylation sites (N-methyl/N-ethyl adjacent to an activating group) is 1. The average Bonchev–Trinajstić information content (AvgIpc) is 2.98. The highest BCUT2D eigenvalue weighted by Crippen LogP contribution is 2.36. The van der Waals surface area contributed by atoms with Crippen LogP contribution in [0.4, 0.5) is 0 Å². The molecule has 1 heterocycles. The zero-order valence-electron chi connectivity index (χ0n) is 25.1. The molecule has 0 unspecified atom stereocenters. The van der Waals surface area contributed by atoms with E-state index in [1.807, 2.05) is 31.0 Å². The van der Waals surface area contributed by atoms with Crippen LogP contribution in [0.25, 0.3) is 11.1 Å². The van der Waals surface area contributed by atoms with Gasteiger partial charge in [0.15, 0.2) is 0 Å². The first-order chi connectivity index (χ1) is 20.3. The Bertz CT molecular complexity index is 1570. The molecule has 3 atom stereocenters. The van der Waals surface area contributed by atoms with E-state index in [4.69, 9.17) is 4.74 Å². The van der Waals surface area contributed by atoms with Gasteiger partial charge in [-0.2, -0.15) is 4.31 Å². The number of amides is 1. The molecule has 230 valence electrons. The summed E-state index contributed by atoms with van der Waals surface area (Å²) in [6.45, 7) is 4.12. The Morgan fingerprint density at radius 3 is 2.30 bits per heavy atom. The molecule has 4 rings (SSSR count). The summed E-state index contributed by atoms with van der Waals surface area (Å²) in [6, 6.07) is 18.2. The summed E-state index contributed by atoms with van der Waals surface area (Å²) >= 11 is 0. The van der Waals surface area contributed by atoms with Gasteiger partial charge in [-0.25, -0.2) is 13.2 Å². The number of hydrogen-bond donors (Lipinski definition) is 2. The number of aromatic carboxylic acids is 1. The van der Waals surface area contributed by atoms with E-state index in [9.17, 15) is 28.2 Å². The molecule has 0 saturated carbocycles. The van der Waals surface area contributed by atoms with E-state index in [1.165, 1.54) is 15.3 Å². The SMILES string of the molecule is C[C@@H]1CN([C@@H](C)CO)S(=O)(=O)c2ccc(-c3ccc(C(=O)N(C)C)cc3)cc2O[C@@H]1CN(C)Cc1ccccc1C(=O)O. The Labute approximate surface area is 253 Å². The van der Waals surface area contributed by atoms with Gasteiger partial charge in [-0.15, -0.1) is 0 Å². The predicted octanol–water partition coefficient (Wildman–Crippen LogP) is 3.65. The normalized spacial score (nSPS) is 19.0. The van der Waals surface area contributed by atoms with Gasteiger partial charge in [0.05, 0.1) is 12.2 Å². The number of hydrogen-bond acceptors (Lipinski definition) is 7. The van der Waals surface area contributed by atoms with E-state index in [0.717, 1.165) is 11.1 Å². The van der Waals surface area contributed by atoms with Crippen molar-refractivity contribution in [3.05, 3.63) is 83.4 Å². The number of nitrogens with zero attached hydrogens (tertiary/aromatic N) is 3. The van der Waals surface area contributed by atoms with Crippen LogP contribution in [0, 0.1) is 5.92 Å². The molecule has 1 aliphatic heterocycles. The Hall–Kier alpha value is -3.77. The lowest BCUT2D eigenvalue weighted by molar-refractivity contribution is 0.0686. The second-order valence-electron chi connectivity index (χ2n) is 11.3. The monoisotopic (exact) mass is 609 g/mol. The van der Waals surface area contributed by atoms with Gasteiger partial charge in [-0.3, -0.25) is 9.69 Å². The molecular weight excluding hydrogens is 570 g/mol. The maximum atomic E-state index is 13.9. The molecule has 11 heteroatoms. The summed E-state index contributed by atoms with van der Waals surface area (Å²) < 4.78 is 35.5. The molecule has 1 aliphatic rings. The van der Waals surface area contributed by atoms with Gasteiger partial charge in [0.1, 0.15) is 16.7 Å². The van der Waals surface area contributed by atoms with Gasteiger partial charge < -0.3 is 19.8 Å². The van der Waals surface area contributed by atoms with Crippen molar-refractivity contribution in [3.63, 3.8) is 0 Å². The minimum atomic E-state index is -4.01. The number of carbonyl (C=O) groups is 2. The van der Waals surface area contributed by atoms with E-state index < -0.39 is 28.1 Å². The van der Waals surface area contributed by atoms with Crippen LogP contribution in [0.1, 0.15) is 40.1 Å². The molecule has 0 radical (unpaired) electrons. The maximum absolute atomic E-state index is 13.9. The van der Waals surface area contributed by atoms with Crippen LogP contribution in [0.3, 0.4) is 0 Å². The third-order valence-corrected chi connectivity index (χ3v) is 9.74. The molecule has 10 nitrogen and oxygen atoms in total. The Kier molecular flexibility index (Phi) is 9.91. The fourth-order valence-corrected chi connectivity index (χ4v) is 7.04. The van der Waals surface area contributed by atoms with Crippen molar-refractivity contribution in [1.29, 1.82) is 0 Å². The molecule has 0 fully saturated rings. The molecular formula is C32H39N3O7S. The van der Waals surface area contributed by atoms with Crippen molar-refractivity contribution >= 4 is 21.9 Å². The summed E-state index contributed by atoms with van der Waals surface area (Å²) in [5.74, 6) is -1.20. The number of carbonyl (C=O) groups excluding carboxylic acids is 1. The number of ether oxygens (including phenoxy) is 1. The minimum absolute atomic E-state index is 0.00623.